The topological polar surface area (TPSA) is 146 Å². The molecule has 0 heterocycles. The largest absolute Gasteiger partial charge is 0.508 e. The number of methoxy groups -OCH3 is 2. The number of carbonyl (C=O) groups is 4. The zero-order valence-electron chi connectivity index (χ0n) is 31.8. The summed E-state index contributed by atoms with van der Waals surface area (Å²) < 4.78 is 20.2. The second-order valence-corrected chi connectivity index (χ2v) is 13.8. The Morgan fingerprint density at radius 1 is 0.569 bits per heavy atom. The molecule has 286 valence electrons. The van der Waals surface area contributed by atoms with Crippen molar-refractivity contribution in [2.45, 2.75) is 105 Å². The summed E-state index contributed by atoms with van der Waals surface area (Å²) in [6.07, 6.45) is 3.29. The minimum Gasteiger partial charge on any atom is -0.508 e. The molecule has 2 N–H and O–H groups in total. The summed E-state index contributed by atoms with van der Waals surface area (Å²) >= 11 is 0. The molecule has 0 amide bonds. The molecule has 0 aliphatic rings. The molecular weight excluding hydrogens is 699 g/mol. The third kappa shape index (κ3) is 16.2. The molecule has 0 saturated heterocycles. The van der Waals surface area contributed by atoms with Crippen molar-refractivity contribution >= 4 is 23.5 Å². The normalized spacial score (nSPS) is 12.1. The number of ketones is 2. The summed E-state index contributed by atoms with van der Waals surface area (Å²) in [4.78, 5) is 47.9. The molecule has 0 aliphatic heterocycles. The van der Waals surface area contributed by atoms with Crippen LogP contribution in [0.15, 0.2) is 71.2 Å². The average molecular weight is 756 g/mol. The number of ether oxygens (including phenoxy) is 4. The van der Waals surface area contributed by atoms with Crippen LogP contribution in [-0.2, 0) is 56.0 Å². The van der Waals surface area contributed by atoms with Crippen molar-refractivity contribution in [1.29, 1.82) is 0 Å². The van der Waals surface area contributed by atoms with Crippen LogP contribution in [0.3, 0.4) is 0 Å². The first-order chi connectivity index (χ1) is 23.4. The van der Waals surface area contributed by atoms with Gasteiger partial charge in [0.1, 0.15) is 47.4 Å². The maximum Gasteiger partial charge on any atom is 0.345 e. The molecule has 0 aromatic heterocycles. The molecule has 51 heavy (non-hydrogen) atoms. The number of benzene rings is 2. The average Bonchev–Trinajstić information content (AvgIpc) is 3.07. The summed E-state index contributed by atoms with van der Waals surface area (Å²) in [5.74, 6) is -2.28. The number of rotatable bonds is 16. The minimum absolute atomic E-state index is 0. The Hall–Kier alpha value is -4.11. The molecule has 0 unspecified atom stereocenters. The Labute approximate surface area is 313 Å². The van der Waals surface area contributed by atoms with E-state index in [1.807, 2.05) is 38.1 Å². The van der Waals surface area contributed by atoms with E-state index in [1.54, 1.807) is 24.3 Å². The van der Waals surface area contributed by atoms with Gasteiger partial charge >= 0.3 is 11.9 Å². The van der Waals surface area contributed by atoms with Crippen molar-refractivity contribution < 1.29 is 64.8 Å². The summed E-state index contributed by atoms with van der Waals surface area (Å²) in [7, 11) is 2.35. The summed E-state index contributed by atoms with van der Waals surface area (Å²) in [5, 5.41) is 20.3. The van der Waals surface area contributed by atoms with E-state index in [4.69, 9.17) is 9.47 Å². The Morgan fingerprint density at radius 2 is 0.863 bits per heavy atom. The molecule has 0 aliphatic carbocycles. The van der Waals surface area contributed by atoms with Gasteiger partial charge in [-0.15, -0.1) is 0 Å². The molecule has 2 rings (SSSR count). The zero-order chi connectivity index (χ0) is 38.1. The van der Waals surface area contributed by atoms with Gasteiger partial charge in [-0.3, -0.25) is 9.59 Å². The van der Waals surface area contributed by atoms with Gasteiger partial charge in [-0.05, 0) is 59.1 Å². The van der Waals surface area contributed by atoms with Crippen LogP contribution in [0, 0.1) is 0 Å². The smallest absolute Gasteiger partial charge is 0.345 e. The van der Waals surface area contributed by atoms with Crippen LogP contribution in [-0.4, -0.2) is 61.2 Å². The predicted octanol–water partition coefficient (Wildman–Crippen LogP) is 8.21. The number of aliphatic hydroxyl groups excluding tert-OH is 2. The van der Waals surface area contributed by atoms with E-state index in [0.29, 0.717) is 24.3 Å². The van der Waals surface area contributed by atoms with E-state index in [9.17, 15) is 29.4 Å². The van der Waals surface area contributed by atoms with Crippen LogP contribution in [0.2, 0.25) is 0 Å². The molecule has 0 atom stereocenters. The van der Waals surface area contributed by atoms with Gasteiger partial charge in [-0.25, -0.2) is 9.59 Å². The quantitative estimate of drug-likeness (QED) is 0.0429. The van der Waals surface area contributed by atoms with Crippen molar-refractivity contribution in [1.82, 2.24) is 0 Å². The van der Waals surface area contributed by atoms with E-state index in [0.717, 1.165) is 24.0 Å². The zero-order valence-corrected chi connectivity index (χ0v) is 32.7. The Bertz CT molecular complexity index is 1360. The molecule has 0 fully saturated rings. The molecule has 2 aromatic carbocycles. The predicted molar refractivity (Wildman–Crippen MR) is 194 cm³/mol. The van der Waals surface area contributed by atoms with Gasteiger partial charge in [0.15, 0.2) is 11.6 Å². The van der Waals surface area contributed by atoms with Gasteiger partial charge in [0.05, 0.1) is 14.2 Å². The maximum atomic E-state index is 12.1. The van der Waals surface area contributed by atoms with Crippen LogP contribution in [0.5, 0.6) is 11.5 Å². The molecular formula is C40H56NiO10. The number of Topliss-reactive ketones (excluding diaryl/α,β-unsaturated/α-hetero) is 2. The Balaban J connectivity index is 0.000000962. The molecule has 0 radical (unpaired) electrons. The van der Waals surface area contributed by atoms with Crippen LogP contribution in [0.1, 0.15) is 105 Å². The van der Waals surface area contributed by atoms with Gasteiger partial charge in [0.25, 0.3) is 0 Å². The Morgan fingerprint density at radius 3 is 1.10 bits per heavy atom. The van der Waals surface area contributed by atoms with E-state index in [-0.39, 0.29) is 64.5 Å². The number of hydrogen-bond donors (Lipinski definition) is 2. The molecule has 11 heteroatoms. The summed E-state index contributed by atoms with van der Waals surface area (Å²) in [5.41, 5.74) is 1.72. The first-order valence-electron chi connectivity index (χ1n) is 16.9. The number of aliphatic hydroxyl groups is 2. The van der Waals surface area contributed by atoms with E-state index >= 15 is 0 Å². The van der Waals surface area contributed by atoms with Crippen LogP contribution >= 0.6 is 0 Å². The van der Waals surface area contributed by atoms with Crippen molar-refractivity contribution in [3.63, 3.8) is 0 Å². The summed E-state index contributed by atoms with van der Waals surface area (Å²) in [6.45, 7) is 16.0. The van der Waals surface area contributed by atoms with Crippen molar-refractivity contribution in [3.05, 3.63) is 82.3 Å². The van der Waals surface area contributed by atoms with Gasteiger partial charge in [-0.2, -0.15) is 0 Å². The number of esters is 2. The van der Waals surface area contributed by atoms with Crippen molar-refractivity contribution in [3.8, 4) is 11.5 Å². The number of unbranched alkanes of at least 4 members (excludes halogenated alkanes) is 2. The van der Waals surface area contributed by atoms with Crippen LogP contribution < -0.4 is 9.47 Å². The first-order valence-corrected chi connectivity index (χ1v) is 16.9. The summed E-state index contributed by atoms with van der Waals surface area (Å²) in [6, 6.07) is 15.0. The number of carbonyl (C=O) groups excluding carboxylic acids is 4. The molecule has 0 saturated carbocycles. The fraction of sp³-hybridized carbons (Fsp3) is 0.500. The molecule has 0 spiro atoms. The van der Waals surface area contributed by atoms with Gasteiger partial charge < -0.3 is 29.2 Å². The van der Waals surface area contributed by atoms with Gasteiger partial charge in [-0.1, -0.05) is 92.5 Å². The SMILES string of the molecule is CCCCC(=O)/C(C(=O)OC)=C(\O)COc1ccc(C(C)(C)C)cc1.CCCCC(=O)/C(C(=O)OC)=C(\O)COc1ccc(C(C)(C)C)cc1.[Ni]. The third-order valence-electron chi connectivity index (χ3n) is 7.62. The second kappa shape index (κ2) is 22.7. The van der Waals surface area contributed by atoms with Gasteiger partial charge in [0, 0.05) is 29.3 Å². The monoisotopic (exact) mass is 754 g/mol. The third-order valence-corrected chi connectivity index (χ3v) is 7.62. The van der Waals surface area contributed by atoms with E-state index < -0.39 is 35.0 Å². The van der Waals surface area contributed by atoms with Gasteiger partial charge in [0.2, 0.25) is 0 Å². The first kappa shape index (κ1) is 46.9. The maximum absolute atomic E-state index is 12.1. The van der Waals surface area contributed by atoms with Crippen LogP contribution in [0.4, 0.5) is 0 Å². The van der Waals surface area contributed by atoms with E-state index in [2.05, 4.69) is 51.0 Å². The number of hydrogen-bond acceptors (Lipinski definition) is 10. The minimum atomic E-state index is -0.842. The fourth-order valence-corrected chi connectivity index (χ4v) is 4.46. The van der Waals surface area contributed by atoms with Crippen LogP contribution in [0.25, 0.3) is 0 Å². The molecule has 0 bridgehead atoms. The van der Waals surface area contributed by atoms with E-state index in [1.165, 1.54) is 14.2 Å². The Kier molecular flexibility index (Phi) is 20.8. The van der Waals surface area contributed by atoms with Crippen molar-refractivity contribution in [2.75, 3.05) is 27.4 Å². The fourth-order valence-electron chi connectivity index (χ4n) is 4.46. The van der Waals surface area contributed by atoms with Crippen molar-refractivity contribution in [2.24, 2.45) is 0 Å². The molecule has 2 aromatic rings. The second-order valence-electron chi connectivity index (χ2n) is 13.8. The molecule has 10 nitrogen and oxygen atoms in total. The standard InChI is InChI=1S/2C20H28O5.Ni/c2*1-6-7-8-16(21)18(19(23)24-5)17(22)13-25-15-11-9-14(10-12-15)20(2,3)4;/h2*9-12,22H,6-8,13H2,1-5H3;/b2*18-17+;.